The van der Waals surface area contributed by atoms with Crippen LogP contribution in [0.15, 0.2) is 0 Å². The molecule has 0 aromatic heterocycles. The Hall–Kier alpha value is -1.26. The van der Waals surface area contributed by atoms with Crippen molar-refractivity contribution in [1.29, 1.82) is 0 Å². The molecule has 2 aliphatic heterocycles. The summed E-state index contributed by atoms with van der Waals surface area (Å²) in [7, 11) is 1.37. The number of fused-ring (bicyclic) bond motifs is 1. The van der Waals surface area contributed by atoms with Crippen molar-refractivity contribution < 1.29 is 19.1 Å². The molecule has 0 spiro atoms. The zero-order valence-electron chi connectivity index (χ0n) is 9.86. The number of esters is 1. The van der Waals surface area contributed by atoms with Crippen molar-refractivity contribution in [3.8, 4) is 0 Å². The lowest BCUT2D eigenvalue weighted by Crippen LogP contribution is -2.48. The Morgan fingerprint density at radius 1 is 1.50 bits per heavy atom. The predicted molar refractivity (Wildman–Crippen MR) is 55.8 cm³/mol. The van der Waals surface area contributed by atoms with Crippen LogP contribution in [0.25, 0.3) is 0 Å². The van der Waals surface area contributed by atoms with E-state index in [2.05, 4.69) is 0 Å². The molecular formula is C11H17NO4. The second-order valence-electron chi connectivity index (χ2n) is 4.94. The molecule has 2 saturated heterocycles. The fourth-order valence-corrected chi connectivity index (χ4v) is 2.67. The Labute approximate surface area is 94.7 Å². The molecule has 0 bridgehead atoms. The molecule has 2 aliphatic rings. The molecule has 0 radical (unpaired) electrons. The summed E-state index contributed by atoms with van der Waals surface area (Å²) in [5.74, 6) is -0.280. The van der Waals surface area contributed by atoms with E-state index in [1.807, 2.05) is 13.8 Å². The van der Waals surface area contributed by atoms with Crippen molar-refractivity contribution >= 4 is 12.1 Å². The highest BCUT2D eigenvalue weighted by Gasteiger charge is 2.52. The molecule has 2 heterocycles. The number of carbonyl (C=O) groups excluding carboxylic acids is 2. The number of ether oxygens (including phenoxy) is 2. The van der Waals surface area contributed by atoms with Gasteiger partial charge in [0.15, 0.2) is 0 Å². The topological polar surface area (TPSA) is 55.8 Å². The van der Waals surface area contributed by atoms with E-state index in [0.29, 0.717) is 6.61 Å². The van der Waals surface area contributed by atoms with Gasteiger partial charge < -0.3 is 9.47 Å². The number of carbonyl (C=O) groups is 2. The van der Waals surface area contributed by atoms with Crippen LogP contribution in [0.2, 0.25) is 0 Å². The van der Waals surface area contributed by atoms with E-state index in [1.54, 1.807) is 4.90 Å². The minimum Gasteiger partial charge on any atom is -0.469 e. The number of amides is 1. The van der Waals surface area contributed by atoms with Gasteiger partial charge in [0.2, 0.25) is 0 Å². The monoisotopic (exact) mass is 227 g/mol. The molecule has 5 heteroatoms. The van der Waals surface area contributed by atoms with Gasteiger partial charge in [-0.3, -0.25) is 9.69 Å². The number of methoxy groups -OCH3 is 1. The van der Waals surface area contributed by atoms with Crippen molar-refractivity contribution in [3.05, 3.63) is 0 Å². The SMILES string of the molecule is COC(=O)C(C)(C)C1CC[C@H]2COC(=O)N12. The zero-order valence-corrected chi connectivity index (χ0v) is 9.86. The summed E-state index contributed by atoms with van der Waals surface area (Å²) in [6.07, 6.45) is 1.43. The number of rotatable bonds is 2. The first kappa shape index (κ1) is 11.2. The molecule has 1 unspecified atom stereocenters. The van der Waals surface area contributed by atoms with Crippen molar-refractivity contribution in [2.24, 2.45) is 5.41 Å². The molecule has 5 nitrogen and oxygen atoms in total. The van der Waals surface area contributed by atoms with Gasteiger partial charge in [-0.15, -0.1) is 0 Å². The normalized spacial score (nSPS) is 28.9. The van der Waals surface area contributed by atoms with Gasteiger partial charge in [0.25, 0.3) is 0 Å². The first-order valence-electron chi connectivity index (χ1n) is 5.52. The van der Waals surface area contributed by atoms with Gasteiger partial charge in [-0.25, -0.2) is 4.79 Å². The van der Waals surface area contributed by atoms with Gasteiger partial charge in [-0.1, -0.05) is 0 Å². The summed E-state index contributed by atoms with van der Waals surface area (Å²) >= 11 is 0. The van der Waals surface area contributed by atoms with Crippen molar-refractivity contribution in [2.75, 3.05) is 13.7 Å². The van der Waals surface area contributed by atoms with Gasteiger partial charge >= 0.3 is 12.1 Å². The Bertz CT molecular complexity index is 326. The third-order valence-corrected chi connectivity index (χ3v) is 3.66. The van der Waals surface area contributed by atoms with E-state index in [9.17, 15) is 9.59 Å². The molecule has 1 amide bonds. The Morgan fingerprint density at radius 3 is 2.81 bits per heavy atom. The lowest BCUT2D eigenvalue weighted by molar-refractivity contribution is -0.153. The Morgan fingerprint density at radius 2 is 2.19 bits per heavy atom. The van der Waals surface area contributed by atoms with Crippen LogP contribution in [-0.4, -0.2) is 42.8 Å². The fourth-order valence-electron chi connectivity index (χ4n) is 2.67. The highest BCUT2D eigenvalue weighted by atomic mass is 16.6. The Balaban J connectivity index is 2.21. The van der Waals surface area contributed by atoms with Crippen LogP contribution in [0.3, 0.4) is 0 Å². The van der Waals surface area contributed by atoms with Gasteiger partial charge in [-0.05, 0) is 26.7 Å². The highest BCUT2D eigenvalue weighted by Crippen LogP contribution is 2.39. The van der Waals surface area contributed by atoms with E-state index in [4.69, 9.17) is 9.47 Å². The summed E-state index contributed by atoms with van der Waals surface area (Å²) in [4.78, 5) is 25.0. The summed E-state index contributed by atoms with van der Waals surface area (Å²) in [6, 6.07) is 0.0291. The molecule has 0 aromatic rings. The van der Waals surface area contributed by atoms with Gasteiger partial charge in [0, 0.05) is 0 Å². The van der Waals surface area contributed by atoms with E-state index in [-0.39, 0.29) is 24.1 Å². The number of nitrogens with zero attached hydrogens (tertiary/aromatic N) is 1. The molecule has 16 heavy (non-hydrogen) atoms. The van der Waals surface area contributed by atoms with Crippen LogP contribution in [0.1, 0.15) is 26.7 Å². The van der Waals surface area contributed by atoms with E-state index < -0.39 is 5.41 Å². The number of hydrogen-bond acceptors (Lipinski definition) is 4. The minimum atomic E-state index is -0.674. The van der Waals surface area contributed by atoms with E-state index in [0.717, 1.165) is 12.8 Å². The molecule has 0 aromatic carbocycles. The first-order chi connectivity index (χ1) is 7.48. The highest BCUT2D eigenvalue weighted by molar-refractivity contribution is 5.79. The Kier molecular flexibility index (Phi) is 2.56. The zero-order chi connectivity index (χ0) is 11.9. The van der Waals surface area contributed by atoms with Gasteiger partial charge in [0.1, 0.15) is 6.61 Å². The molecule has 0 N–H and O–H groups in total. The third-order valence-electron chi connectivity index (χ3n) is 3.66. The summed E-state index contributed by atoms with van der Waals surface area (Å²) in [5.41, 5.74) is -0.674. The van der Waals surface area contributed by atoms with Gasteiger partial charge in [-0.2, -0.15) is 0 Å². The summed E-state index contributed by atoms with van der Waals surface area (Å²) in [6.45, 7) is 4.08. The first-order valence-corrected chi connectivity index (χ1v) is 5.52. The average Bonchev–Trinajstić information content (AvgIpc) is 2.80. The van der Waals surface area contributed by atoms with Crippen LogP contribution in [0, 0.1) is 5.41 Å². The molecule has 2 fully saturated rings. The predicted octanol–water partition coefficient (Wildman–Crippen LogP) is 1.17. The molecule has 2 atom stereocenters. The summed E-state index contributed by atoms with van der Waals surface area (Å²) in [5, 5.41) is 0. The van der Waals surface area contributed by atoms with Crippen molar-refractivity contribution in [1.82, 2.24) is 4.90 Å². The standard InChI is InChI=1S/C11H17NO4/c1-11(2,9(13)15-3)8-5-4-7-6-16-10(14)12(7)8/h7-8H,4-6H2,1-3H3/t7-,8?/m0/s1. The maximum atomic E-state index is 11.7. The molecule has 2 rings (SSSR count). The lowest BCUT2D eigenvalue weighted by Gasteiger charge is -2.33. The van der Waals surface area contributed by atoms with Crippen LogP contribution in [0.4, 0.5) is 4.79 Å². The van der Waals surface area contributed by atoms with E-state index in [1.165, 1.54) is 7.11 Å². The van der Waals surface area contributed by atoms with E-state index >= 15 is 0 Å². The van der Waals surface area contributed by atoms with Crippen molar-refractivity contribution in [2.45, 2.75) is 38.8 Å². The largest absolute Gasteiger partial charge is 0.469 e. The minimum absolute atomic E-state index is 0.111. The maximum absolute atomic E-state index is 11.7. The fraction of sp³-hybridized carbons (Fsp3) is 0.818. The molecular weight excluding hydrogens is 210 g/mol. The molecule has 90 valence electrons. The van der Waals surface area contributed by atoms with Crippen LogP contribution in [0.5, 0.6) is 0 Å². The molecule has 0 aliphatic carbocycles. The molecule has 0 saturated carbocycles. The number of cyclic esters (lactones) is 1. The average molecular weight is 227 g/mol. The third kappa shape index (κ3) is 1.45. The van der Waals surface area contributed by atoms with Crippen LogP contribution < -0.4 is 0 Å². The summed E-state index contributed by atoms with van der Waals surface area (Å²) < 4.78 is 9.79. The second-order valence-corrected chi connectivity index (χ2v) is 4.94. The smallest absolute Gasteiger partial charge is 0.410 e. The van der Waals surface area contributed by atoms with Crippen molar-refractivity contribution in [3.63, 3.8) is 0 Å². The number of hydrogen-bond donors (Lipinski definition) is 0. The maximum Gasteiger partial charge on any atom is 0.410 e. The second kappa shape index (κ2) is 3.64. The quantitative estimate of drug-likeness (QED) is 0.664. The van der Waals surface area contributed by atoms with Crippen LogP contribution >= 0.6 is 0 Å². The lowest BCUT2D eigenvalue weighted by atomic mass is 9.83. The van der Waals surface area contributed by atoms with Crippen LogP contribution in [-0.2, 0) is 14.3 Å². The van der Waals surface area contributed by atoms with Gasteiger partial charge in [0.05, 0.1) is 24.6 Å².